The number of imidazole rings is 1. The fourth-order valence-electron chi connectivity index (χ4n) is 3.26. The summed E-state index contributed by atoms with van der Waals surface area (Å²) in [5, 5.41) is 3.12. The highest BCUT2D eigenvalue weighted by Gasteiger charge is 2.26. The minimum atomic E-state index is -0.0795. The number of nitrogens with zero attached hydrogens (tertiary/aromatic N) is 3. The van der Waals surface area contributed by atoms with E-state index in [1.807, 2.05) is 10.6 Å². The molecule has 0 saturated carbocycles. The topological polar surface area (TPSA) is 69.0 Å². The van der Waals surface area contributed by atoms with Gasteiger partial charge in [-0.2, -0.15) is 0 Å². The maximum Gasteiger partial charge on any atom is 0.270 e. The van der Waals surface area contributed by atoms with E-state index in [1.165, 1.54) is 5.56 Å². The molecule has 1 aliphatic heterocycles. The number of carbonyl (C=O) groups excluding carboxylic acids is 1. The predicted octanol–water partition coefficient (Wildman–Crippen LogP) is 1.62. The van der Waals surface area contributed by atoms with E-state index >= 15 is 0 Å². The summed E-state index contributed by atoms with van der Waals surface area (Å²) >= 11 is 0. The average molecular weight is 298 g/mol. The fraction of sp³-hybridized carbons (Fsp3) is 0.438. The van der Waals surface area contributed by atoms with E-state index in [0.717, 1.165) is 30.8 Å². The molecular weight excluding hydrogens is 280 g/mol. The second-order valence-electron chi connectivity index (χ2n) is 5.73. The van der Waals surface area contributed by atoms with Crippen LogP contribution in [0.25, 0.3) is 0 Å². The minimum absolute atomic E-state index is 0.0107. The molecule has 3 heterocycles. The van der Waals surface area contributed by atoms with Crippen molar-refractivity contribution in [1.82, 2.24) is 19.9 Å². The van der Waals surface area contributed by atoms with E-state index in [1.54, 1.807) is 12.4 Å². The summed E-state index contributed by atoms with van der Waals surface area (Å²) in [5.41, 5.74) is 2.85. The maximum atomic E-state index is 12.6. The van der Waals surface area contributed by atoms with Crippen molar-refractivity contribution in [2.75, 3.05) is 6.61 Å². The maximum absolute atomic E-state index is 12.6. The SMILES string of the molecule is O=C(N[C@H]1CCCc2cccnc21)c1cnc2n1CCOC2. The van der Waals surface area contributed by atoms with Crippen LogP contribution in [0.2, 0.25) is 0 Å². The summed E-state index contributed by atoms with van der Waals surface area (Å²) < 4.78 is 7.31. The lowest BCUT2D eigenvalue weighted by Gasteiger charge is -2.25. The molecule has 0 spiro atoms. The Bertz CT molecular complexity index is 710. The van der Waals surface area contributed by atoms with Gasteiger partial charge in [0.15, 0.2) is 0 Å². The van der Waals surface area contributed by atoms with Crippen LogP contribution in [-0.2, 0) is 24.3 Å². The highest BCUT2D eigenvalue weighted by Crippen LogP contribution is 2.28. The van der Waals surface area contributed by atoms with Gasteiger partial charge < -0.3 is 14.6 Å². The number of hydrogen-bond donors (Lipinski definition) is 1. The van der Waals surface area contributed by atoms with E-state index < -0.39 is 0 Å². The average Bonchev–Trinajstić information content (AvgIpc) is 2.99. The van der Waals surface area contributed by atoms with E-state index in [-0.39, 0.29) is 11.9 Å². The largest absolute Gasteiger partial charge is 0.372 e. The molecule has 0 radical (unpaired) electrons. The molecule has 2 aliphatic rings. The Hall–Kier alpha value is -2.21. The standard InChI is InChI=1S/C16H18N4O2/c21-16(13-9-18-14-10-22-8-7-20(13)14)19-12-5-1-3-11-4-2-6-17-15(11)12/h2,4,6,9,12H,1,3,5,7-8,10H2,(H,19,21)/t12-/m0/s1. The van der Waals surface area contributed by atoms with Crippen molar-refractivity contribution in [2.45, 2.75) is 38.5 Å². The quantitative estimate of drug-likeness (QED) is 0.914. The number of aryl methyl sites for hydroxylation is 1. The minimum Gasteiger partial charge on any atom is -0.372 e. The molecule has 114 valence electrons. The van der Waals surface area contributed by atoms with Gasteiger partial charge in [0, 0.05) is 12.7 Å². The van der Waals surface area contributed by atoms with Crippen LogP contribution in [0.1, 0.15) is 46.5 Å². The number of fused-ring (bicyclic) bond motifs is 2. The number of hydrogen-bond acceptors (Lipinski definition) is 4. The van der Waals surface area contributed by atoms with Gasteiger partial charge in [-0.3, -0.25) is 9.78 Å². The molecule has 0 saturated heterocycles. The molecule has 0 aromatic carbocycles. The fourth-order valence-corrected chi connectivity index (χ4v) is 3.26. The van der Waals surface area contributed by atoms with Crippen LogP contribution in [-0.4, -0.2) is 27.0 Å². The number of pyridine rings is 1. The van der Waals surface area contributed by atoms with Crippen molar-refractivity contribution in [3.8, 4) is 0 Å². The summed E-state index contributed by atoms with van der Waals surface area (Å²) in [6.45, 7) is 1.77. The molecule has 1 atom stereocenters. The number of aromatic nitrogens is 3. The van der Waals surface area contributed by atoms with E-state index in [4.69, 9.17) is 4.74 Å². The van der Waals surface area contributed by atoms with Crippen LogP contribution in [0.5, 0.6) is 0 Å². The van der Waals surface area contributed by atoms with Crippen molar-refractivity contribution >= 4 is 5.91 Å². The first-order chi connectivity index (χ1) is 10.8. The molecule has 6 heteroatoms. The summed E-state index contributed by atoms with van der Waals surface area (Å²) in [7, 11) is 0. The van der Waals surface area contributed by atoms with Crippen molar-refractivity contribution < 1.29 is 9.53 Å². The Balaban J connectivity index is 1.57. The smallest absolute Gasteiger partial charge is 0.270 e. The second kappa shape index (κ2) is 5.53. The van der Waals surface area contributed by atoms with Gasteiger partial charge >= 0.3 is 0 Å². The molecule has 0 unspecified atom stereocenters. The first kappa shape index (κ1) is 13.5. The summed E-state index contributed by atoms with van der Waals surface area (Å²) in [5.74, 6) is 0.739. The first-order valence-electron chi connectivity index (χ1n) is 7.70. The Morgan fingerprint density at radius 3 is 3.32 bits per heavy atom. The third-order valence-corrected chi connectivity index (χ3v) is 4.36. The van der Waals surface area contributed by atoms with Crippen LogP contribution >= 0.6 is 0 Å². The lowest BCUT2D eigenvalue weighted by Crippen LogP contribution is -2.33. The summed E-state index contributed by atoms with van der Waals surface area (Å²) in [6, 6.07) is 4.04. The lowest BCUT2D eigenvalue weighted by molar-refractivity contribution is 0.0774. The number of amides is 1. The van der Waals surface area contributed by atoms with Crippen molar-refractivity contribution in [3.05, 3.63) is 47.3 Å². The summed E-state index contributed by atoms with van der Waals surface area (Å²) in [6.07, 6.45) is 6.47. The Morgan fingerprint density at radius 1 is 1.41 bits per heavy atom. The van der Waals surface area contributed by atoms with Crippen molar-refractivity contribution in [2.24, 2.45) is 0 Å². The number of nitrogens with one attached hydrogen (secondary N) is 1. The molecule has 2 aromatic rings. The molecule has 2 aromatic heterocycles. The zero-order valence-corrected chi connectivity index (χ0v) is 12.3. The normalized spacial score (nSPS) is 20.1. The highest BCUT2D eigenvalue weighted by molar-refractivity contribution is 5.92. The molecule has 1 amide bonds. The third kappa shape index (κ3) is 2.29. The summed E-state index contributed by atoms with van der Waals surface area (Å²) in [4.78, 5) is 21.4. The number of carbonyl (C=O) groups is 1. The highest BCUT2D eigenvalue weighted by atomic mass is 16.5. The van der Waals surface area contributed by atoms with Gasteiger partial charge in [-0.05, 0) is 30.9 Å². The molecule has 0 bridgehead atoms. The van der Waals surface area contributed by atoms with Gasteiger partial charge in [0.2, 0.25) is 0 Å². The molecule has 1 aliphatic carbocycles. The predicted molar refractivity (Wildman–Crippen MR) is 79.3 cm³/mol. The van der Waals surface area contributed by atoms with Crippen molar-refractivity contribution in [3.63, 3.8) is 0 Å². The Morgan fingerprint density at radius 2 is 2.36 bits per heavy atom. The van der Waals surface area contributed by atoms with Crippen LogP contribution in [0.15, 0.2) is 24.5 Å². The number of ether oxygens (including phenoxy) is 1. The zero-order valence-electron chi connectivity index (χ0n) is 12.3. The molecule has 6 nitrogen and oxygen atoms in total. The van der Waals surface area contributed by atoms with Crippen LogP contribution in [0.4, 0.5) is 0 Å². The van der Waals surface area contributed by atoms with Gasteiger partial charge in [-0.25, -0.2) is 4.98 Å². The van der Waals surface area contributed by atoms with Gasteiger partial charge in [0.05, 0.1) is 24.5 Å². The van der Waals surface area contributed by atoms with Gasteiger partial charge in [-0.1, -0.05) is 6.07 Å². The van der Waals surface area contributed by atoms with Crippen LogP contribution < -0.4 is 5.32 Å². The molecule has 0 fully saturated rings. The van der Waals surface area contributed by atoms with E-state index in [0.29, 0.717) is 25.5 Å². The Labute approximate surface area is 128 Å². The Kier molecular flexibility index (Phi) is 3.38. The van der Waals surface area contributed by atoms with E-state index in [2.05, 4.69) is 21.4 Å². The molecular formula is C16H18N4O2. The number of rotatable bonds is 2. The van der Waals surface area contributed by atoms with Gasteiger partial charge in [-0.15, -0.1) is 0 Å². The van der Waals surface area contributed by atoms with E-state index in [9.17, 15) is 4.79 Å². The molecule has 4 rings (SSSR count). The zero-order chi connectivity index (χ0) is 14.9. The molecule has 22 heavy (non-hydrogen) atoms. The second-order valence-corrected chi connectivity index (χ2v) is 5.73. The van der Waals surface area contributed by atoms with Gasteiger partial charge in [0.25, 0.3) is 5.91 Å². The van der Waals surface area contributed by atoms with Gasteiger partial charge in [0.1, 0.15) is 18.1 Å². The monoisotopic (exact) mass is 298 g/mol. The third-order valence-electron chi connectivity index (χ3n) is 4.36. The molecule has 1 N–H and O–H groups in total. The van der Waals surface area contributed by atoms with Crippen molar-refractivity contribution in [1.29, 1.82) is 0 Å². The van der Waals surface area contributed by atoms with Crippen LogP contribution in [0.3, 0.4) is 0 Å². The lowest BCUT2D eigenvalue weighted by atomic mass is 9.92. The van der Waals surface area contributed by atoms with Crippen LogP contribution in [0, 0.1) is 0 Å². The first-order valence-corrected chi connectivity index (χ1v) is 7.70.